The van der Waals surface area contributed by atoms with Gasteiger partial charge < -0.3 is 9.47 Å². The number of rotatable bonds is 2. The molecule has 0 aliphatic heterocycles. The van der Waals surface area contributed by atoms with E-state index in [2.05, 4.69) is 0 Å². The molecule has 0 radical (unpaired) electrons. The summed E-state index contributed by atoms with van der Waals surface area (Å²) in [5, 5.41) is 0. The molecule has 0 aliphatic carbocycles. The second kappa shape index (κ2) is 3.76. The molecule has 0 unspecified atom stereocenters. The van der Waals surface area contributed by atoms with Crippen LogP contribution < -0.4 is 9.47 Å². The predicted octanol–water partition coefficient (Wildman–Crippen LogP) is 1.62. The smallest absolute Gasteiger partial charge is 0.308 e. The first-order valence-electron chi connectivity index (χ1n) is 4.39. The van der Waals surface area contributed by atoms with Crippen LogP contribution in [0, 0.1) is 0 Å². The standard InChI is InChI=1S/C9H10O3/c1-7(10)12-9-6-4-3-5-8(9)11-2/h3-6H,1-2H3/i5D,6D. The molecule has 0 bridgehead atoms. The lowest BCUT2D eigenvalue weighted by Gasteiger charge is -2.05. The van der Waals surface area contributed by atoms with E-state index >= 15 is 0 Å². The largest absolute Gasteiger partial charge is 0.493 e. The molecular formula is C9H10O3. The number of carbonyl (C=O) groups is 1. The lowest BCUT2D eigenvalue weighted by molar-refractivity contribution is -0.132. The zero-order chi connectivity index (χ0) is 10.7. The van der Waals surface area contributed by atoms with Crippen molar-refractivity contribution in [2.24, 2.45) is 0 Å². The van der Waals surface area contributed by atoms with Gasteiger partial charge in [-0.1, -0.05) is 12.1 Å². The number of ether oxygens (including phenoxy) is 2. The van der Waals surface area contributed by atoms with Crippen molar-refractivity contribution in [2.45, 2.75) is 6.92 Å². The Kier molecular flexibility index (Phi) is 1.90. The summed E-state index contributed by atoms with van der Waals surface area (Å²) in [6.07, 6.45) is 0. The fraction of sp³-hybridized carbons (Fsp3) is 0.222. The second-order valence-corrected chi connectivity index (χ2v) is 2.08. The van der Waals surface area contributed by atoms with E-state index in [4.69, 9.17) is 12.2 Å². The number of hydrogen-bond donors (Lipinski definition) is 0. The number of methoxy groups -OCH3 is 1. The minimum absolute atomic E-state index is 0.00694. The molecular weight excluding hydrogens is 156 g/mol. The van der Waals surface area contributed by atoms with Crippen molar-refractivity contribution in [1.29, 1.82) is 0 Å². The van der Waals surface area contributed by atoms with Crippen LogP contribution in [0.2, 0.25) is 0 Å². The van der Waals surface area contributed by atoms with E-state index in [1.54, 1.807) is 0 Å². The summed E-state index contributed by atoms with van der Waals surface area (Å²) in [5.74, 6) is -0.442. The van der Waals surface area contributed by atoms with Gasteiger partial charge in [-0.05, 0) is 12.1 Å². The van der Waals surface area contributed by atoms with Crippen molar-refractivity contribution >= 4 is 5.97 Å². The molecule has 0 spiro atoms. The van der Waals surface area contributed by atoms with Gasteiger partial charge in [-0.15, -0.1) is 0 Å². The topological polar surface area (TPSA) is 35.5 Å². The molecule has 0 aliphatic rings. The summed E-state index contributed by atoms with van der Waals surface area (Å²) in [6, 6.07) is 2.89. The Labute approximate surface area is 73.7 Å². The molecule has 0 fully saturated rings. The number of esters is 1. The third kappa shape index (κ3) is 1.99. The highest BCUT2D eigenvalue weighted by molar-refractivity contribution is 5.70. The third-order valence-electron chi connectivity index (χ3n) is 1.17. The molecule has 1 aromatic rings. The van der Waals surface area contributed by atoms with Crippen LogP contribution >= 0.6 is 0 Å². The maximum absolute atomic E-state index is 10.7. The Morgan fingerprint density at radius 2 is 2.00 bits per heavy atom. The molecule has 0 N–H and O–H groups in total. The number of carbonyl (C=O) groups excluding carboxylic acids is 1. The van der Waals surface area contributed by atoms with E-state index in [0.29, 0.717) is 0 Å². The zero-order valence-corrected chi connectivity index (χ0v) is 6.88. The summed E-state index contributed by atoms with van der Waals surface area (Å²) >= 11 is 0. The third-order valence-corrected chi connectivity index (χ3v) is 1.17. The summed E-state index contributed by atoms with van der Waals surface area (Å²) in [7, 11) is 1.36. The number of benzene rings is 1. The number of hydrogen-bond acceptors (Lipinski definition) is 3. The van der Waals surface area contributed by atoms with Crippen molar-refractivity contribution in [2.75, 3.05) is 7.11 Å². The fourth-order valence-electron chi connectivity index (χ4n) is 0.737. The van der Waals surface area contributed by atoms with Crippen LogP contribution in [-0.2, 0) is 4.79 Å². The van der Waals surface area contributed by atoms with Gasteiger partial charge in [0.25, 0.3) is 0 Å². The van der Waals surface area contributed by atoms with Gasteiger partial charge in [0, 0.05) is 6.92 Å². The van der Waals surface area contributed by atoms with Crippen LogP contribution in [0.1, 0.15) is 9.67 Å². The lowest BCUT2D eigenvalue weighted by Crippen LogP contribution is -2.02. The van der Waals surface area contributed by atoms with Crippen LogP contribution in [0.4, 0.5) is 0 Å². The van der Waals surface area contributed by atoms with E-state index in [-0.39, 0.29) is 23.6 Å². The maximum atomic E-state index is 10.7. The molecule has 64 valence electrons. The minimum Gasteiger partial charge on any atom is -0.493 e. The molecule has 1 aromatic carbocycles. The van der Waals surface area contributed by atoms with Gasteiger partial charge in [0.05, 0.1) is 9.85 Å². The summed E-state index contributed by atoms with van der Waals surface area (Å²) in [4.78, 5) is 10.7. The first-order valence-corrected chi connectivity index (χ1v) is 3.39. The monoisotopic (exact) mass is 168 g/mol. The molecule has 3 nitrogen and oxygen atoms in total. The van der Waals surface area contributed by atoms with Gasteiger partial charge in [0.1, 0.15) is 0 Å². The SMILES string of the molecule is [2H]c1ccc([2H])c(OC(C)=O)c1OC. The fourth-order valence-corrected chi connectivity index (χ4v) is 0.737. The van der Waals surface area contributed by atoms with Crippen molar-refractivity contribution in [1.82, 2.24) is 0 Å². The Bertz CT molecular complexity index is 363. The van der Waals surface area contributed by atoms with E-state index in [0.717, 1.165) is 0 Å². The molecule has 3 heteroatoms. The van der Waals surface area contributed by atoms with Crippen LogP contribution in [0.3, 0.4) is 0 Å². The van der Waals surface area contributed by atoms with Crippen molar-refractivity contribution in [3.05, 3.63) is 24.2 Å². The van der Waals surface area contributed by atoms with Crippen molar-refractivity contribution in [3.8, 4) is 11.5 Å². The van der Waals surface area contributed by atoms with Crippen LogP contribution in [0.25, 0.3) is 0 Å². The van der Waals surface area contributed by atoms with E-state index < -0.39 is 5.97 Å². The molecule has 0 amide bonds. The lowest BCUT2D eigenvalue weighted by atomic mass is 10.3. The van der Waals surface area contributed by atoms with Gasteiger partial charge in [0.2, 0.25) is 0 Å². The van der Waals surface area contributed by atoms with E-state index in [1.165, 1.54) is 26.2 Å². The second-order valence-electron chi connectivity index (χ2n) is 2.08. The highest BCUT2D eigenvalue weighted by Gasteiger charge is 2.03. The average Bonchev–Trinajstić information content (AvgIpc) is 2.11. The van der Waals surface area contributed by atoms with Gasteiger partial charge in [-0.2, -0.15) is 0 Å². The van der Waals surface area contributed by atoms with Gasteiger partial charge >= 0.3 is 5.97 Å². The molecule has 0 atom stereocenters. The number of para-hydroxylation sites is 2. The van der Waals surface area contributed by atoms with E-state index in [1.807, 2.05) is 0 Å². The molecule has 12 heavy (non-hydrogen) atoms. The molecule has 0 saturated carbocycles. The van der Waals surface area contributed by atoms with Crippen LogP contribution in [0.15, 0.2) is 24.2 Å². The normalized spacial score (nSPS) is 11.5. The summed E-state index contributed by atoms with van der Waals surface area (Å²) in [5.41, 5.74) is 0. The quantitative estimate of drug-likeness (QED) is 0.497. The molecule has 0 saturated heterocycles. The Balaban J connectivity index is 3.22. The van der Waals surface area contributed by atoms with Crippen molar-refractivity contribution in [3.63, 3.8) is 0 Å². The predicted molar refractivity (Wildman–Crippen MR) is 44.3 cm³/mol. The van der Waals surface area contributed by atoms with Gasteiger partial charge in [-0.3, -0.25) is 4.79 Å². The molecule has 1 rings (SSSR count). The first kappa shape index (κ1) is 6.06. The Morgan fingerprint density at radius 1 is 1.42 bits per heavy atom. The van der Waals surface area contributed by atoms with E-state index in [9.17, 15) is 4.79 Å². The van der Waals surface area contributed by atoms with Crippen LogP contribution in [0.5, 0.6) is 11.5 Å². The zero-order valence-electron chi connectivity index (χ0n) is 8.88. The Hall–Kier alpha value is -1.51. The maximum Gasteiger partial charge on any atom is 0.308 e. The van der Waals surface area contributed by atoms with Crippen LogP contribution in [-0.4, -0.2) is 13.1 Å². The highest BCUT2D eigenvalue weighted by Crippen LogP contribution is 2.25. The Morgan fingerprint density at radius 3 is 2.50 bits per heavy atom. The molecule has 0 aromatic heterocycles. The van der Waals surface area contributed by atoms with Crippen molar-refractivity contribution < 1.29 is 17.0 Å². The first-order chi connectivity index (χ1) is 6.56. The highest BCUT2D eigenvalue weighted by atomic mass is 16.6. The van der Waals surface area contributed by atoms with Gasteiger partial charge in [-0.25, -0.2) is 0 Å². The minimum atomic E-state index is -0.539. The summed E-state index contributed by atoms with van der Waals surface area (Å²) < 4.78 is 24.6. The molecule has 0 heterocycles. The average molecular weight is 168 g/mol. The van der Waals surface area contributed by atoms with Gasteiger partial charge in [0.15, 0.2) is 11.5 Å². The summed E-state index contributed by atoms with van der Waals surface area (Å²) in [6.45, 7) is 1.23.